The third-order valence-corrected chi connectivity index (χ3v) is 6.91. The lowest BCUT2D eigenvalue weighted by atomic mass is 10.1. The molecule has 3 aromatic heterocycles. The van der Waals surface area contributed by atoms with E-state index in [0.29, 0.717) is 6.04 Å². The monoisotopic (exact) mass is 552 g/mol. The number of allylic oxidation sites excluding steroid dienone is 1. The van der Waals surface area contributed by atoms with Gasteiger partial charge in [0.05, 0.1) is 18.1 Å². The number of nitrogens with zero attached hydrogens (tertiary/aromatic N) is 6. The Kier molecular flexibility index (Phi) is 9.89. The van der Waals surface area contributed by atoms with Crippen molar-refractivity contribution in [1.29, 1.82) is 0 Å². The van der Waals surface area contributed by atoms with Crippen LogP contribution >= 0.6 is 0 Å². The van der Waals surface area contributed by atoms with Gasteiger partial charge >= 0.3 is 0 Å². The van der Waals surface area contributed by atoms with Gasteiger partial charge in [-0.05, 0) is 76.8 Å². The van der Waals surface area contributed by atoms with E-state index in [0.717, 1.165) is 65.7 Å². The zero-order chi connectivity index (χ0) is 29.4. The fourth-order valence-corrected chi connectivity index (χ4v) is 4.76. The molecule has 0 atom stereocenters. The molecule has 1 aliphatic rings. The first kappa shape index (κ1) is 29.9. The molecule has 1 fully saturated rings. The van der Waals surface area contributed by atoms with Gasteiger partial charge in [0, 0.05) is 68.2 Å². The van der Waals surface area contributed by atoms with Crippen LogP contribution in [0.2, 0.25) is 0 Å². The van der Waals surface area contributed by atoms with Crippen molar-refractivity contribution in [1.82, 2.24) is 24.8 Å². The van der Waals surface area contributed by atoms with Crippen LogP contribution in [-0.2, 0) is 0 Å². The van der Waals surface area contributed by atoms with Gasteiger partial charge in [0.1, 0.15) is 17.5 Å². The lowest BCUT2D eigenvalue weighted by Crippen LogP contribution is -2.49. The molecule has 216 valence electrons. The Hall–Kier alpha value is -4.04. The molecule has 8 nitrogen and oxygen atoms in total. The number of piperazine rings is 1. The fourth-order valence-electron chi connectivity index (χ4n) is 4.76. The van der Waals surface area contributed by atoms with E-state index in [-0.39, 0.29) is 5.54 Å². The maximum atomic E-state index is 4.67. The Morgan fingerprint density at radius 1 is 0.878 bits per heavy atom. The molecule has 8 heteroatoms. The molecule has 5 rings (SSSR count). The summed E-state index contributed by atoms with van der Waals surface area (Å²) < 4.78 is 0. The summed E-state index contributed by atoms with van der Waals surface area (Å²) in [6.07, 6.45) is 11.5. The maximum Gasteiger partial charge on any atom is 0.145 e. The molecule has 0 spiro atoms. The Morgan fingerprint density at radius 3 is 2.34 bits per heavy atom. The van der Waals surface area contributed by atoms with Crippen molar-refractivity contribution in [2.45, 2.75) is 53.1 Å². The van der Waals surface area contributed by atoms with E-state index in [1.54, 1.807) is 12.4 Å². The summed E-state index contributed by atoms with van der Waals surface area (Å²) in [5, 5.41) is 8.64. The minimum atomic E-state index is -0.0515. The molecule has 0 aliphatic carbocycles. The Bertz CT molecular complexity index is 1450. The van der Waals surface area contributed by atoms with Gasteiger partial charge in [0.2, 0.25) is 0 Å². The number of aromatic nitrogens is 4. The first-order valence-electron chi connectivity index (χ1n) is 14.4. The summed E-state index contributed by atoms with van der Waals surface area (Å²) in [5.74, 6) is 2.73. The molecule has 4 heterocycles. The summed E-state index contributed by atoms with van der Waals surface area (Å²) in [4.78, 5) is 22.7. The van der Waals surface area contributed by atoms with Gasteiger partial charge in [0.25, 0.3) is 0 Å². The average molecular weight is 553 g/mol. The van der Waals surface area contributed by atoms with E-state index in [2.05, 4.69) is 105 Å². The SMILES string of the molecule is C/C=C\c1ccnc(N2CCN(C(C)C)CC2)c1.CNc1cc2cc(-c3cncc(NC(C)(C)C)n3)ccc2cn1. The minimum absolute atomic E-state index is 0.0515. The summed E-state index contributed by atoms with van der Waals surface area (Å²) in [5.41, 5.74) is 3.07. The molecule has 0 amide bonds. The number of nitrogens with one attached hydrogen (secondary N) is 2. The van der Waals surface area contributed by atoms with E-state index in [9.17, 15) is 0 Å². The second-order valence-electron chi connectivity index (χ2n) is 11.6. The van der Waals surface area contributed by atoms with Crippen molar-refractivity contribution >= 4 is 34.3 Å². The molecule has 1 aromatic carbocycles. The Balaban J connectivity index is 0.000000195. The summed E-state index contributed by atoms with van der Waals surface area (Å²) in [6, 6.07) is 13.1. The van der Waals surface area contributed by atoms with E-state index in [1.807, 2.05) is 44.6 Å². The number of benzene rings is 1. The van der Waals surface area contributed by atoms with Gasteiger partial charge in [-0.3, -0.25) is 9.88 Å². The van der Waals surface area contributed by atoms with Crippen molar-refractivity contribution in [3.05, 3.63) is 72.8 Å². The molecule has 2 N–H and O–H groups in total. The van der Waals surface area contributed by atoms with Crippen molar-refractivity contribution in [2.24, 2.45) is 0 Å². The third kappa shape index (κ3) is 8.47. The smallest absolute Gasteiger partial charge is 0.145 e. The lowest BCUT2D eigenvalue weighted by Gasteiger charge is -2.37. The van der Waals surface area contributed by atoms with Crippen LogP contribution in [0.25, 0.3) is 28.1 Å². The zero-order valence-electron chi connectivity index (χ0n) is 25.5. The van der Waals surface area contributed by atoms with Crippen LogP contribution in [0, 0.1) is 0 Å². The van der Waals surface area contributed by atoms with Crippen molar-refractivity contribution < 1.29 is 0 Å². The zero-order valence-corrected chi connectivity index (χ0v) is 25.5. The number of hydrogen-bond acceptors (Lipinski definition) is 8. The number of fused-ring (bicyclic) bond motifs is 1. The van der Waals surface area contributed by atoms with Crippen molar-refractivity contribution in [2.75, 3.05) is 48.8 Å². The second kappa shape index (κ2) is 13.5. The van der Waals surface area contributed by atoms with Crippen LogP contribution in [0.3, 0.4) is 0 Å². The lowest BCUT2D eigenvalue weighted by molar-refractivity contribution is 0.209. The standard InChI is InChI=1S/C18H21N5.C15H23N3/c1-18(2,3)23-17-11-20-10-15(22-17)12-5-6-13-9-21-16(19-4)8-14(13)7-12;1-4-5-14-6-7-16-15(12-14)18-10-8-17(9-11-18)13(2)3/h5-11H,1-4H3,(H,19,21)(H,22,23);4-7,12-13H,8-11H2,1-3H3/b;5-4-. The van der Waals surface area contributed by atoms with E-state index in [4.69, 9.17) is 0 Å². The quantitative estimate of drug-likeness (QED) is 0.277. The number of anilines is 3. The van der Waals surface area contributed by atoms with E-state index >= 15 is 0 Å². The predicted molar refractivity (Wildman–Crippen MR) is 174 cm³/mol. The second-order valence-corrected chi connectivity index (χ2v) is 11.6. The highest BCUT2D eigenvalue weighted by Crippen LogP contribution is 2.25. The minimum Gasteiger partial charge on any atom is -0.373 e. The molecular weight excluding hydrogens is 508 g/mol. The highest BCUT2D eigenvalue weighted by molar-refractivity contribution is 5.88. The maximum absolute atomic E-state index is 4.67. The molecule has 0 saturated carbocycles. The average Bonchev–Trinajstić information content (AvgIpc) is 2.96. The first-order chi connectivity index (χ1) is 19.6. The largest absolute Gasteiger partial charge is 0.373 e. The fraction of sp³-hybridized carbons (Fsp3) is 0.394. The molecule has 0 unspecified atom stereocenters. The van der Waals surface area contributed by atoms with Crippen molar-refractivity contribution in [3.63, 3.8) is 0 Å². The molecule has 4 aromatic rings. The number of rotatable bonds is 6. The van der Waals surface area contributed by atoms with Crippen LogP contribution in [0.4, 0.5) is 17.5 Å². The van der Waals surface area contributed by atoms with Crippen LogP contribution in [0.15, 0.2) is 67.3 Å². The molecule has 41 heavy (non-hydrogen) atoms. The van der Waals surface area contributed by atoms with Gasteiger partial charge in [-0.2, -0.15) is 0 Å². The third-order valence-electron chi connectivity index (χ3n) is 6.91. The van der Waals surface area contributed by atoms with E-state index in [1.165, 1.54) is 5.56 Å². The summed E-state index contributed by atoms with van der Waals surface area (Å²) in [6.45, 7) is 17.3. The van der Waals surface area contributed by atoms with Gasteiger partial charge in [-0.1, -0.05) is 24.3 Å². The van der Waals surface area contributed by atoms with Gasteiger partial charge < -0.3 is 15.5 Å². The van der Waals surface area contributed by atoms with Gasteiger partial charge in [0.15, 0.2) is 0 Å². The number of hydrogen-bond donors (Lipinski definition) is 2. The molecule has 1 saturated heterocycles. The van der Waals surface area contributed by atoms with Crippen molar-refractivity contribution in [3.8, 4) is 11.3 Å². The Morgan fingerprint density at radius 2 is 1.66 bits per heavy atom. The normalized spacial score (nSPS) is 14.3. The summed E-state index contributed by atoms with van der Waals surface area (Å²) in [7, 11) is 1.87. The molecule has 0 radical (unpaired) electrons. The van der Waals surface area contributed by atoms with Crippen LogP contribution in [0.1, 0.15) is 47.1 Å². The summed E-state index contributed by atoms with van der Waals surface area (Å²) >= 11 is 0. The van der Waals surface area contributed by atoms with E-state index < -0.39 is 0 Å². The highest BCUT2D eigenvalue weighted by atomic mass is 15.3. The Labute approximate surface area is 245 Å². The van der Waals surface area contributed by atoms with Gasteiger partial charge in [-0.25, -0.2) is 15.0 Å². The van der Waals surface area contributed by atoms with Crippen LogP contribution in [-0.4, -0.2) is 69.6 Å². The molecule has 0 bridgehead atoms. The van der Waals surface area contributed by atoms with Crippen LogP contribution in [0.5, 0.6) is 0 Å². The first-order valence-corrected chi connectivity index (χ1v) is 14.4. The molecular formula is C33H44N8. The van der Waals surface area contributed by atoms with Crippen LogP contribution < -0.4 is 15.5 Å². The highest BCUT2D eigenvalue weighted by Gasteiger charge is 2.19. The topological polar surface area (TPSA) is 82.1 Å². The van der Waals surface area contributed by atoms with Gasteiger partial charge in [-0.15, -0.1) is 0 Å². The number of pyridine rings is 2. The molecule has 1 aliphatic heterocycles. The predicted octanol–water partition coefficient (Wildman–Crippen LogP) is 6.59.